The smallest absolute Gasteiger partial charge is 0.329 e. The van der Waals surface area contributed by atoms with E-state index in [1.54, 1.807) is 24.3 Å². The number of benzene rings is 2. The number of imide groups is 1. The highest BCUT2D eigenvalue weighted by Gasteiger charge is 2.35. The van der Waals surface area contributed by atoms with Gasteiger partial charge in [0.1, 0.15) is 23.8 Å². The zero-order valence-electron chi connectivity index (χ0n) is 16.2. The van der Waals surface area contributed by atoms with E-state index in [0.717, 1.165) is 16.0 Å². The van der Waals surface area contributed by atoms with E-state index in [2.05, 4.69) is 10.6 Å². The van der Waals surface area contributed by atoms with Gasteiger partial charge in [0.25, 0.3) is 5.91 Å². The lowest BCUT2D eigenvalue weighted by atomic mass is 10.2. The van der Waals surface area contributed by atoms with Crippen molar-refractivity contribution < 1.29 is 18.8 Å². The van der Waals surface area contributed by atoms with E-state index < -0.39 is 17.8 Å². The Morgan fingerprint density at radius 3 is 2.50 bits per heavy atom. The molecule has 150 valence electrons. The number of hydrogen-bond donors (Lipinski definition) is 2. The van der Waals surface area contributed by atoms with Crippen LogP contribution in [0, 0.1) is 6.92 Å². The highest BCUT2D eigenvalue weighted by molar-refractivity contribution is 6.15. The molecule has 2 heterocycles. The van der Waals surface area contributed by atoms with Crippen molar-refractivity contribution in [2.45, 2.75) is 6.92 Å². The number of aryl methyl sites for hydroxylation is 1. The molecule has 0 radical (unpaired) electrons. The van der Waals surface area contributed by atoms with Crippen molar-refractivity contribution in [3.63, 3.8) is 0 Å². The van der Waals surface area contributed by atoms with Crippen molar-refractivity contribution in [2.75, 3.05) is 11.9 Å². The van der Waals surface area contributed by atoms with Crippen LogP contribution in [0.5, 0.6) is 0 Å². The standard InChI is InChI=1S/C23H19N3O4/c1-15-7-9-17(10-8-15)24-21(27)14-26-22(28)19(25-23(26)29)13-18-11-12-20(30-18)16-5-3-2-4-6-16/h2-13H,14H2,1H3,(H,24,27)(H,25,29). The molecule has 2 N–H and O–H groups in total. The summed E-state index contributed by atoms with van der Waals surface area (Å²) in [7, 11) is 0. The van der Waals surface area contributed by atoms with Gasteiger partial charge in [-0.2, -0.15) is 0 Å². The summed E-state index contributed by atoms with van der Waals surface area (Å²) >= 11 is 0. The monoisotopic (exact) mass is 401 g/mol. The molecule has 0 spiro atoms. The summed E-state index contributed by atoms with van der Waals surface area (Å²) < 4.78 is 5.74. The number of amides is 4. The summed E-state index contributed by atoms with van der Waals surface area (Å²) in [4.78, 5) is 37.9. The van der Waals surface area contributed by atoms with Gasteiger partial charge in [0.2, 0.25) is 5.91 Å². The van der Waals surface area contributed by atoms with Gasteiger partial charge in [0, 0.05) is 17.3 Å². The molecule has 4 rings (SSSR count). The summed E-state index contributed by atoms with van der Waals surface area (Å²) in [6.45, 7) is 1.55. The zero-order chi connectivity index (χ0) is 21.1. The molecule has 0 unspecified atom stereocenters. The van der Waals surface area contributed by atoms with Crippen molar-refractivity contribution in [2.24, 2.45) is 0 Å². The van der Waals surface area contributed by atoms with E-state index in [1.807, 2.05) is 49.4 Å². The molecule has 1 aromatic heterocycles. The Labute approximate surface area is 173 Å². The normalized spacial score (nSPS) is 14.8. The van der Waals surface area contributed by atoms with Gasteiger partial charge in [-0.1, -0.05) is 48.0 Å². The molecule has 1 saturated heterocycles. The molecule has 4 amide bonds. The second-order valence-electron chi connectivity index (χ2n) is 6.86. The van der Waals surface area contributed by atoms with Crippen LogP contribution in [0.4, 0.5) is 10.5 Å². The largest absolute Gasteiger partial charge is 0.457 e. The lowest BCUT2D eigenvalue weighted by Crippen LogP contribution is -2.38. The lowest BCUT2D eigenvalue weighted by molar-refractivity contribution is -0.127. The number of nitrogens with zero attached hydrogens (tertiary/aromatic N) is 1. The van der Waals surface area contributed by atoms with Crippen LogP contribution in [0.25, 0.3) is 17.4 Å². The molecule has 30 heavy (non-hydrogen) atoms. The number of carbonyl (C=O) groups is 3. The van der Waals surface area contributed by atoms with Gasteiger partial charge in [-0.3, -0.25) is 9.59 Å². The highest BCUT2D eigenvalue weighted by Crippen LogP contribution is 2.24. The minimum absolute atomic E-state index is 0.0529. The summed E-state index contributed by atoms with van der Waals surface area (Å²) in [5.41, 5.74) is 2.61. The van der Waals surface area contributed by atoms with Crippen LogP contribution >= 0.6 is 0 Å². The average molecular weight is 401 g/mol. The Morgan fingerprint density at radius 2 is 1.77 bits per heavy atom. The van der Waals surface area contributed by atoms with E-state index in [4.69, 9.17) is 4.42 Å². The maximum atomic E-state index is 12.6. The topological polar surface area (TPSA) is 91.7 Å². The molecule has 1 fully saturated rings. The minimum atomic E-state index is -0.653. The van der Waals surface area contributed by atoms with Crippen molar-refractivity contribution >= 4 is 29.6 Å². The van der Waals surface area contributed by atoms with Gasteiger partial charge < -0.3 is 15.1 Å². The van der Waals surface area contributed by atoms with E-state index >= 15 is 0 Å². The second-order valence-corrected chi connectivity index (χ2v) is 6.86. The van der Waals surface area contributed by atoms with Crippen molar-refractivity contribution in [1.82, 2.24) is 10.2 Å². The van der Waals surface area contributed by atoms with Gasteiger partial charge >= 0.3 is 6.03 Å². The molecule has 7 nitrogen and oxygen atoms in total. The second kappa shape index (κ2) is 8.08. The Balaban J connectivity index is 1.44. The van der Waals surface area contributed by atoms with Gasteiger partial charge in [-0.15, -0.1) is 0 Å². The Bertz CT molecular complexity index is 1130. The third kappa shape index (κ3) is 4.15. The van der Waals surface area contributed by atoms with Gasteiger partial charge in [-0.25, -0.2) is 9.69 Å². The molecular weight excluding hydrogens is 382 g/mol. The van der Waals surface area contributed by atoms with Crippen LogP contribution in [0.1, 0.15) is 11.3 Å². The number of anilines is 1. The molecule has 0 saturated carbocycles. The molecule has 0 aliphatic carbocycles. The number of nitrogens with one attached hydrogen (secondary N) is 2. The number of urea groups is 1. The first-order valence-electron chi connectivity index (χ1n) is 9.36. The maximum Gasteiger partial charge on any atom is 0.329 e. The molecular formula is C23H19N3O4. The summed E-state index contributed by atoms with van der Waals surface area (Å²) in [5.74, 6) is 0.0155. The highest BCUT2D eigenvalue weighted by atomic mass is 16.3. The Hall–Kier alpha value is -4.13. The van der Waals surface area contributed by atoms with Crippen LogP contribution in [0.15, 0.2) is 76.8 Å². The maximum absolute atomic E-state index is 12.6. The third-order valence-electron chi connectivity index (χ3n) is 4.57. The van der Waals surface area contributed by atoms with E-state index in [1.165, 1.54) is 6.08 Å². The molecule has 2 aromatic carbocycles. The Morgan fingerprint density at radius 1 is 1.03 bits per heavy atom. The molecule has 3 aromatic rings. The van der Waals surface area contributed by atoms with Crippen LogP contribution < -0.4 is 10.6 Å². The van der Waals surface area contributed by atoms with Crippen LogP contribution in [0.2, 0.25) is 0 Å². The van der Waals surface area contributed by atoms with E-state index in [0.29, 0.717) is 17.2 Å². The Kier molecular flexibility index (Phi) is 5.17. The predicted molar refractivity (Wildman–Crippen MR) is 112 cm³/mol. The van der Waals surface area contributed by atoms with Crippen molar-refractivity contribution in [3.8, 4) is 11.3 Å². The first kappa shape index (κ1) is 19.2. The lowest BCUT2D eigenvalue weighted by Gasteiger charge is -2.12. The average Bonchev–Trinajstić information content (AvgIpc) is 3.31. The summed E-state index contributed by atoms with van der Waals surface area (Å²) in [6.07, 6.45) is 1.45. The zero-order valence-corrected chi connectivity index (χ0v) is 16.2. The molecule has 7 heteroatoms. The molecule has 1 aliphatic rings. The van der Waals surface area contributed by atoms with Crippen LogP contribution in [-0.4, -0.2) is 29.3 Å². The molecule has 0 atom stereocenters. The van der Waals surface area contributed by atoms with Gasteiger partial charge in [0.15, 0.2) is 0 Å². The fraction of sp³-hybridized carbons (Fsp3) is 0.0870. The van der Waals surface area contributed by atoms with Crippen molar-refractivity contribution in [3.05, 3.63) is 83.8 Å². The van der Waals surface area contributed by atoms with Gasteiger partial charge in [0.05, 0.1) is 0 Å². The quantitative estimate of drug-likeness (QED) is 0.503. The molecule has 0 bridgehead atoms. The fourth-order valence-electron chi connectivity index (χ4n) is 3.03. The summed E-state index contributed by atoms with van der Waals surface area (Å²) in [6, 6.07) is 19.6. The van der Waals surface area contributed by atoms with E-state index in [9.17, 15) is 14.4 Å². The van der Waals surface area contributed by atoms with Crippen molar-refractivity contribution in [1.29, 1.82) is 0 Å². The summed E-state index contributed by atoms with van der Waals surface area (Å²) in [5, 5.41) is 5.16. The number of furan rings is 1. The SMILES string of the molecule is Cc1ccc(NC(=O)CN2C(=O)NC(=Cc3ccc(-c4ccccc4)o3)C2=O)cc1. The van der Waals surface area contributed by atoms with Crippen LogP contribution in [-0.2, 0) is 9.59 Å². The third-order valence-corrected chi connectivity index (χ3v) is 4.57. The first-order valence-corrected chi connectivity index (χ1v) is 9.36. The van der Waals surface area contributed by atoms with Gasteiger partial charge in [-0.05, 0) is 31.2 Å². The minimum Gasteiger partial charge on any atom is -0.457 e. The predicted octanol–water partition coefficient (Wildman–Crippen LogP) is 3.79. The first-order chi connectivity index (χ1) is 14.5. The number of hydrogen-bond acceptors (Lipinski definition) is 4. The number of rotatable bonds is 5. The van der Waals surface area contributed by atoms with E-state index in [-0.39, 0.29) is 12.2 Å². The van der Waals surface area contributed by atoms with Crippen LogP contribution in [0.3, 0.4) is 0 Å². The molecule has 1 aliphatic heterocycles. The number of carbonyl (C=O) groups excluding carboxylic acids is 3. The fourth-order valence-corrected chi connectivity index (χ4v) is 3.03.